The second-order valence-corrected chi connectivity index (χ2v) is 5.49. The van der Waals surface area contributed by atoms with Crippen molar-refractivity contribution in [3.05, 3.63) is 0 Å². The van der Waals surface area contributed by atoms with Crippen molar-refractivity contribution >= 4 is 10.0 Å². The van der Waals surface area contributed by atoms with E-state index in [0.717, 1.165) is 25.9 Å². The first-order valence-electron chi connectivity index (χ1n) is 5.43. The first-order valence-corrected chi connectivity index (χ1v) is 7.32. The van der Waals surface area contributed by atoms with Crippen molar-refractivity contribution in [1.29, 1.82) is 4.78 Å². The first kappa shape index (κ1) is 14.9. The van der Waals surface area contributed by atoms with Crippen molar-refractivity contribution in [1.82, 2.24) is 0 Å². The van der Waals surface area contributed by atoms with Crippen LogP contribution in [0.5, 0.6) is 0 Å². The van der Waals surface area contributed by atoms with Crippen molar-refractivity contribution in [3.8, 4) is 0 Å². The van der Waals surface area contributed by atoms with Gasteiger partial charge in [0.05, 0.1) is 6.61 Å². The summed E-state index contributed by atoms with van der Waals surface area (Å²) in [4.78, 5) is 0. The van der Waals surface area contributed by atoms with Crippen LogP contribution in [0.3, 0.4) is 0 Å². The summed E-state index contributed by atoms with van der Waals surface area (Å²) in [5.74, 6) is 0. The van der Waals surface area contributed by atoms with Crippen molar-refractivity contribution in [2.75, 3.05) is 26.6 Å². The van der Waals surface area contributed by atoms with E-state index in [0.29, 0.717) is 6.61 Å². The van der Waals surface area contributed by atoms with Crippen LogP contribution < -0.4 is 0 Å². The summed E-state index contributed by atoms with van der Waals surface area (Å²) in [6.07, 6.45) is 8.01. The first-order chi connectivity index (χ1) is 7.06. The zero-order valence-corrected chi connectivity index (χ0v) is 10.6. The van der Waals surface area contributed by atoms with Crippen molar-refractivity contribution in [2.45, 2.75) is 38.5 Å². The maximum Gasteiger partial charge on any atom is 0.157 e. The molecular weight excluding hydrogens is 214 g/mol. The lowest BCUT2D eigenvalue weighted by Crippen LogP contribution is -2.02. The summed E-state index contributed by atoms with van der Waals surface area (Å²) in [7, 11) is -1.02. The largest absolute Gasteiger partial charge is 0.385 e. The molecule has 0 saturated carbocycles. The van der Waals surface area contributed by atoms with Gasteiger partial charge in [-0.2, -0.15) is 0 Å². The molecule has 0 aliphatic heterocycles. The molecule has 1 unspecified atom stereocenters. The molecule has 0 aliphatic carbocycles. The highest BCUT2D eigenvalue weighted by Crippen LogP contribution is 2.06. The minimum absolute atomic E-state index is 0.441. The van der Waals surface area contributed by atoms with Crippen LogP contribution in [0.25, 0.3) is 0 Å². The van der Waals surface area contributed by atoms with Gasteiger partial charge < -0.3 is 4.74 Å². The van der Waals surface area contributed by atoms with Gasteiger partial charge >= 0.3 is 0 Å². The molecule has 0 amide bonds. The fourth-order valence-electron chi connectivity index (χ4n) is 1.27. The normalized spacial score (nSPS) is 15.1. The Kier molecular flexibility index (Phi) is 9.04. The predicted octanol–water partition coefficient (Wildman–Crippen LogP) is 2.58. The van der Waals surface area contributed by atoms with E-state index >= 15 is 0 Å². The van der Waals surface area contributed by atoms with Gasteiger partial charge in [0.25, 0.3) is 0 Å². The summed E-state index contributed by atoms with van der Waals surface area (Å²) in [5.41, 5.74) is 0. The minimum Gasteiger partial charge on any atom is -0.385 e. The smallest absolute Gasteiger partial charge is 0.157 e. The van der Waals surface area contributed by atoms with Gasteiger partial charge in [0, 0.05) is 20.0 Å². The number of hydrogen-bond donors (Lipinski definition) is 1. The average molecular weight is 237 g/mol. The fourth-order valence-corrected chi connectivity index (χ4v) is 1.71. The number of nitrogens with one attached hydrogen (secondary N) is 1. The third-order valence-corrected chi connectivity index (χ3v) is 2.67. The molecule has 0 aromatic carbocycles. The summed E-state index contributed by atoms with van der Waals surface area (Å²) in [6.45, 7) is 1.29. The Hall–Kier alpha value is -0.130. The van der Waals surface area contributed by atoms with Gasteiger partial charge in [-0.1, -0.05) is 25.7 Å². The molecule has 92 valence electrons. The molecule has 0 saturated heterocycles. The monoisotopic (exact) mass is 237 g/mol. The van der Waals surface area contributed by atoms with Crippen LogP contribution >= 0.6 is 0 Å². The molecule has 0 rings (SSSR count). The second-order valence-electron chi connectivity index (χ2n) is 3.71. The van der Waals surface area contributed by atoms with Gasteiger partial charge in [0.15, 0.2) is 10.0 Å². The van der Waals surface area contributed by atoms with Gasteiger partial charge in [0.1, 0.15) is 0 Å². The molecule has 0 aliphatic rings. The van der Waals surface area contributed by atoms with E-state index in [1.165, 1.54) is 25.5 Å². The van der Waals surface area contributed by atoms with Gasteiger partial charge in [0.2, 0.25) is 0 Å². The zero-order chi connectivity index (χ0) is 11.6. The molecule has 0 heterocycles. The average Bonchev–Trinajstić information content (AvgIpc) is 2.14. The van der Waals surface area contributed by atoms with Crippen molar-refractivity contribution in [3.63, 3.8) is 0 Å². The van der Waals surface area contributed by atoms with Crippen LogP contribution in [-0.4, -0.2) is 30.8 Å². The van der Waals surface area contributed by atoms with Crippen molar-refractivity contribution in [2.24, 2.45) is 0 Å². The number of hydrogen-bond acceptors (Lipinski definition) is 4. The SMILES string of the molecule is COCCCCCCCCOS(C)(=N)=O. The Labute approximate surface area is 93.5 Å². The van der Waals surface area contributed by atoms with Gasteiger partial charge in [-0.3, -0.25) is 4.18 Å². The van der Waals surface area contributed by atoms with Crippen LogP contribution in [0, 0.1) is 4.78 Å². The van der Waals surface area contributed by atoms with E-state index in [2.05, 4.69) is 0 Å². The highest BCUT2D eigenvalue weighted by molar-refractivity contribution is 7.87. The molecule has 0 fully saturated rings. The Morgan fingerprint density at radius 2 is 1.47 bits per heavy atom. The topological polar surface area (TPSA) is 59.4 Å². The third-order valence-electron chi connectivity index (χ3n) is 2.05. The highest BCUT2D eigenvalue weighted by Gasteiger charge is 1.96. The highest BCUT2D eigenvalue weighted by atomic mass is 32.2. The molecule has 5 heteroatoms. The summed E-state index contributed by atoms with van der Waals surface area (Å²) < 4.78 is 27.6. The molecule has 0 spiro atoms. The Morgan fingerprint density at radius 3 is 1.93 bits per heavy atom. The Bertz CT molecular complexity index is 227. The Morgan fingerprint density at radius 1 is 1.00 bits per heavy atom. The molecule has 1 N–H and O–H groups in total. The van der Waals surface area contributed by atoms with E-state index in [1.54, 1.807) is 7.11 Å². The Balaban J connectivity index is 3.06. The summed E-state index contributed by atoms with van der Waals surface area (Å²) in [6, 6.07) is 0. The maximum absolute atomic E-state index is 10.8. The molecule has 1 atom stereocenters. The fraction of sp³-hybridized carbons (Fsp3) is 1.00. The van der Waals surface area contributed by atoms with E-state index in [4.69, 9.17) is 13.7 Å². The van der Waals surface area contributed by atoms with E-state index in [9.17, 15) is 4.21 Å². The second kappa shape index (κ2) is 9.12. The summed E-state index contributed by atoms with van der Waals surface area (Å²) in [5, 5.41) is 0. The molecule has 4 nitrogen and oxygen atoms in total. The van der Waals surface area contributed by atoms with Crippen LogP contribution in [0.15, 0.2) is 0 Å². The molecule has 0 bridgehead atoms. The summed E-state index contributed by atoms with van der Waals surface area (Å²) >= 11 is 0. The van der Waals surface area contributed by atoms with Gasteiger partial charge in [-0.05, 0) is 12.8 Å². The number of unbranched alkanes of at least 4 members (excludes halogenated alkanes) is 5. The predicted molar refractivity (Wildman–Crippen MR) is 62.3 cm³/mol. The molecule has 0 aromatic rings. The molecule has 0 aromatic heterocycles. The molecule has 0 radical (unpaired) electrons. The van der Waals surface area contributed by atoms with E-state index in [-0.39, 0.29) is 0 Å². The van der Waals surface area contributed by atoms with Crippen molar-refractivity contribution < 1.29 is 13.1 Å². The van der Waals surface area contributed by atoms with Crippen LogP contribution in [0.4, 0.5) is 0 Å². The number of rotatable bonds is 10. The lowest BCUT2D eigenvalue weighted by Gasteiger charge is -2.03. The zero-order valence-electron chi connectivity index (χ0n) is 9.79. The number of ether oxygens (including phenoxy) is 1. The maximum atomic E-state index is 10.8. The third kappa shape index (κ3) is 13.9. The molecular formula is C10H23NO3S. The van der Waals surface area contributed by atoms with E-state index in [1.807, 2.05) is 0 Å². The lowest BCUT2D eigenvalue weighted by atomic mass is 10.1. The lowest BCUT2D eigenvalue weighted by molar-refractivity contribution is 0.192. The van der Waals surface area contributed by atoms with Gasteiger partial charge in [-0.25, -0.2) is 8.99 Å². The van der Waals surface area contributed by atoms with E-state index < -0.39 is 10.0 Å². The van der Waals surface area contributed by atoms with Crippen LogP contribution in [0.2, 0.25) is 0 Å². The quantitative estimate of drug-likeness (QED) is 0.594. The molecule has 15 heavy (non-hydrogen) atoms. The number of methoxy groups -OCH3 is 1. The van der Waals surface area contributed by atoms with Crippen LogP contribution in [0.1, 0.15) is 38.5 Å². The standard InChI is InChI=1S/C10H23NO3S/c1-13-9-7-5-3-4-6-8-10-14-15(2,11)12/h11H,3-10H2,1-2H3. The van der Waals surface area contributed by atoms with Crippen LogP contribution in [-0.2, 0) is 18.9 Å². The van der Waals surface area contributed by atoms with Gasteiger partial charge in [-0.15, -0.1) is 0 Å². The minimum atomic E-state index is -2.75.